The minimum atomic E-state index is -3.90. The maximum atomic E-state index is 12.6. The molecule has 0 aliphatic heterocycles. The van der Waals surface area contributed by atoms with Gasteiger partial charge in [0.25, 0.3) is 21.6 Å². The predicted molar refractivity (Wildman–Crippen MR) is 127 cm³/mol. The molecule has 3 rings (SSSR count). The molecule has 0 radical (unpaired) electrons. The van der Waals surface area contributed by atoms with Gasteiger partial charge in [-0.3, -0.25) is 19.6 Å². The Hall–Kier alpha value is -4.45. The summed E-state index contributed by atoms with van der Waals surface area (Å²) >= 11 is 0. The van der Waals surface area contributed by atoms with Crippen LogP contribution < -0.4 is 14.8 Å². The van der Waals surface area contributed by atoms with E-state index in [0.29, 0.717) is 17.1 Å². The summed E-state index contributed by atoms with van der Waals surface area (Å²) in [6, 6.07) is 16.5. The number of ether oxygens (including phenoxy) is 2. The molecule has 2 N–H and O–H groups in total. The van der Waals surface area contributed by atoms with E-state index in [1.807, 2.05) is 0 Å². The Labute approximate surface area is 200 Å². The van der Waals surface area contributed by atoms with Crippen LogP contribution in [0.3, 0.4) is 0 Å². The van der Waals surface area contributed by atoms with Crippen molar-refractivity contribution >= 4 is 39.0 Å². The van der Waals surface area contributed by atoms with E-state index in [9.17, 15) is 28.1 Å². The van der Waals surface area contributed by atoms with E-state index in [2.05, 4.69) is 10.0 Å². The summed E-state index contributed by atoms with van der Waals surface area (Å²) in [5.74, 6) is -0.898. The van der Waals surface area contributed by atoms with Crippen LogP contribution >= 0.6 is 0 Å². The van der Waals surface area contributed by atoms with Crippen LogP contribution in [0.2, 0.25) is 0 Å². The molecule has 182 valence electrons. The second-order valence-corrected chi connectivity index (χ2v) is 8.88. The first kappa shape index (κ1) is 25.2. The highest BCUT2D eigenvalue weighted by molar-refractivity contribution is 7.92. The van der Waals surface area contributed by atoms with Gasteiger partial charge in [0, 0.05) is 23.5 Å². The lowest BCUT2D eigenvalue weighted by atomic mass is 10.2. The lowest BCUT2D eigenvalue weighted by molar-refractivity contribution is -0.384. The number of carbonyl (C=O) groups is 2. The van der Waals surface area contributed by atoms with Gasteiger partial charge in [-0.1, -0.05) is 0 Å². The van der Waals surface area contributed by atoms with Gasteiger partial charge in [0.15, 0.2) is 6.10 Å². The van der Waals surface area contributed by atoms with Crippen LogP contribution in [0, 0.1) is 10.1 Å². The lowest BCUT2D eigenvalue weighted by Crippen LogP contribution is -2.30. The largest absolute Gasteiger partial charge is 0.497 e. The predicted octanol–water partition coefficient (Wildman–Crippen LogP) is 3.59. The zero-order valence-electron chi connectivity index (χ0n) is 18.6. The molecular weight excluding hydrogens is 478 g/mol. The third kappa shape index (κ3) is 6.54. The van der Waals surface area contributed by atoms with Crippen molar-refractivity contribution in [3.8, 4) is 5.75 Å². The number of anilines is 2. The van der Waals surface area contributed by atoms with E-state index < -0.39 is 32.9 Å². The normalized spacial score (nSPS) is 11.7. The van der Waals surface area contributed by atoms with Gasteiger partial charge in [-0.25, -0.2) is 13.2 Å². The van der Waals surface area contributed by atoms with E-state index in [1.165, 1.54) is 62.6 Å². The van der Waals surface area contributed by atoms with Gasteiger partial charge < -0.3 is 14.8 Å². The molecule has 0 aliphatic rings. The van der Waals surface area contributed by atoms with Crippen molar-refractivity contribution < 1.29 is 32.4 Å². The van der Waals surface area contributed by atoms with Crippen LogP contribution in [0.25, 0.3) is 0 Å². The summed E-state index contributed by atoms with van der Waals surface area (Å²) in [6.07, 6.45) is -1.18. The number of nitro groups is 1. The molecule has 1 atom stereocenters. The quantitative estimate of drug-likeness (QED) is 0.257. The number of hydrogen-bond donors (Lipinski definition) is 2. The minimum Gasteiger partial charge on any atom is -0.497 e. The minimum absolute atomic E-state index is 0.0448. The number of rotatable bonds is 9. The third-order valence-corrected chi connectivity index (χ3v) is 6.14. The maximum Gasteiger partial charge on any atom is 0.338 e. The van der Waals surface area contributed by atoms with Crippen LogP contribution in [0.15, 0.2) is 77.7 Å². The number of carbonyl (C=O) groups excluding carboxylic acids is 2. The fourth-order valence-electron chi connectivity index (χ4n) is 2.84. The number of nitrogens with zero attached hydrogens (tertiary/aromatic N) is 1. The molecule has 12 heteroatoms. The van der Waals surface area contributed by atoms with Crippen LogP contribution in [0.5, 0.6) is 5.75 Å². The molecule has 0 aromatic heterocycles. The fraction of sp³-hybridized carbons (Fsp3) is 0.130. The van der Waals surface area contributed by atoms with Gasteiger partial charge in [-0.2, -0.15) is 0 Å². The van der Waals surface area contributed by atoms with E-state index in [-0.39, 0.29) is 16.1 Å². The fourth-order valence-corrected chi connectivity index (χ4v) is 3.89. The molecule has 0 fully saturated rings. The van der Waals surface area contributed by atoms with E-state index in [4.69, 9.17) is 9.47 Å². The van der Waals surface area contributed by atoms with Gasteiger partial charge in [0.05, 0.1) is 22.5 Å². The Morgan fingerprint density at radius 2 is 1.49 bits per heavy atom. The van der Waals surface area contributed by atoms with Gasteiger partial charge in [-0.05, 0) is 67.6 Å². The van der Waals surface area contributed by atoms with Crippen molar-refractivity contribution in [3.63, 3.8) is 0 Å². The zero-order chi connectivity index (χ0) is 25.6. The highest BCUT2D eigenvalue weighted by Crippen LogP contribution is 2.20. The third-order valence-electron chi connectivity index (χ3n) is 4.74. The van der Waals surface area contributed by atoms with E-state index in [0.717, 1.165) is 0 Å². The van der Waals surface area contributed by atoms with Crippen molar-refractivity contribution in [3.05, 3.63) is 88.5 Å². The number of benzene rings is 3. The summed E-state index contributed by atoms with van der Waals surface area (Å²) in [7, 11) is -2.41. The molecule has 1 unspecified atom stereocenters. The Kier molecular flexibility index (Phi) is 7.66. The van der Waals surface area contributed by atoms with E-state index in [1.54, 1.807) is 24.3 Å². The Morgan fingerprint density at radius 1 is 0.914 bits per heavy atom. The average Bonchev–Trinajstić information content (AvgIpc) is 2.84. The molecular formula is C23H21N3O8S. The molecule has 0 heterocycles. The molecule has 0 saturated heterocycles. The number of nitro benzene ring substituents is 1. The number of amides is 1. The maximum absolute atomic E-state index is 12.6. The molecule has 3 aromatic rings. The van der Waals surface area contributed by atoms with Crippen molar-refractivity contribution in [1.29, 1.82) is 0 Å². The van der Waals surface area contributed by atoms with Gasteiger partial charge in [-0.15, -0.1) is 0 Å². The summed E-state index contributed by atoms with van der Waals surface area (Å²) in [5.41, 5.74) is 0.542. The van der Waals surface area contributed by atoms with E-state index >= 15 is 0 Å². The Balaban J connectivity index is 1.60. The highest BCUT2D eigenvalue weighted by atomic mass is 32.2. The standard InChI is InChI=1S/C23H21N3O8S/c1-15(22(27)24-17-5-9-19(10-6-17)26(29)30)34-23(28)16-3-13-21(14-4-16)35(31,32)25-18-7-11-20(33-2)12-8-18/h3-15,25H,1-2H3,(H,24,27). The first-order valence-corrected chi connectivity index (χ1v) is 11.6. The van der Waals surface area contributed by atoms with Crippen LogP contribution in [-0.4, -0.2) is 38.4 Å². The topological polar surface area (TPSA) is 154 Å². The molecule has 3 aromatic carbocycles. The highest BCUT2D eigenvalue weighted by Gasteiger charge is 2.21. The van der Waals surface area contributed by atoms with Crippen LogP contribution in [0.1, 0.15) is 17.3 Å². The molecule has 0 bridgehead atoms. The summed E-state index contributed by atoms with van der Waals surface area (Å²) < 4.78 is 37.8. The summed E-state index contributed by atoms with van der Waals surface area (Å²) in [4.78, 5) is 34.7. The van der Waals surface area contributed by atoms with Crippen molar-refractivity contribution in [2.24, 2.45) is 0 Å². The first-order chi connectivity index (χ1) is 16.6. The van der Waals surface area contributed by atoms with Gasteiger partial charge in [0.2, 0.25) is 0 Å². The van der Waals surface area contributed by atoms with Crippen molar-refractivity contribution in [2.75, 3.05) is 17.1 Å². The summed E-state index contributed by atoms with van der Waals surface area (Å²) in [5, 5.41) is 13.2. The number of hydrogen-bond acceptors (Lipinski definition) is 8. The number of sulfonamides is 1. The van der Waals surface area contributed by atoms with Crippen LogP contribution in [0.4, 0.5) is 17.1 Å². The number of methoxy groups -OCH3 is 1. The first-order valence-electron chi connectivity index (χ1n) is 10.1. The number of non-ortho nitro benzene ring substituents is 1. The SMILES string of the molecule is COc1ccc(NS(=O)(=O)c2ccc(C(=O)OC(C)C(=O)Nc3ccc([N+](=O)[O-])cc3)cc2)cc1. The van der Waals surface area contributed by atoms with Gasteiger partial charge >= 0.3 is 5.97 Å². The second-order valence-electron chi connectivity index (χ2n) is 7.20. The Bertz CT molecular complexity index is 1320. The molecule has 11 nitrogen and oxygen atoms in total. The number of nitrogens with one attached hydrogen (secondary N) is 2. The molecule has 1 amide bonds. The lowest BCUT2D eigenvalue weighted by Gasteiger charge is -2.14. The molecule has 0 aliphatic carbocycles. The van der Waals surface area contributed by atoms with Crippen LogP contribution in [-0.2, 0) is 19.6 Å². The molecule has 0 saturated carbocycles. The second kappa shape index (κ2) is 10.7. The smallest absolute Gasteiger partial charge is 0.338 e. The van der Waals surface area contributed by atoms with Crippen molar-refractivity contribution in [2.45, 2.75) is 17.9 Å². The number of esters is 1. The molecule has 0 spiro atoms. The monoisotopic (exact) mass is 499 g/mol. The summed E-state index contributed by atoms with van der Waals surface area (Å²) in [6.45, 7) is 1.36. The zero-order valence-corrected chi connectivity index (χ0v) is 19.4. The average molecular weight is 500 g/mol. The van der Waals surface area contributed by atoms with Crippen molar-refractivity contribution in [1.82, 2.24) is 0 Å². The molecule has 35 heavy (non-hydrogen) atoms. The Morgan fingerprint density at radius 3 is 2.03 bits per heavy atom. The van der Waals surface area contributed by atoms with Gasteiger partial charge in [0.1, 0.15) is 5.75 Å².